The van der Waals surface area contributed by atoms with E-state index in [-0.39, 0.29) is 11.7 Å². The second kappa shape index (κ2) is 7.07. The molecule has 2 aliphatic rings. The topological polar surface area (TPSA) is 56.5 Å². The summed E-state index contributed by atoms with van der Waals surface area (Å²) in [7, 11) is 0. The van der Waals surface area contributed by atoms with Crippen LogP contribution >= 0.6 is 0 Å². The summed E-state index contributed by atoms with van der Waals surface area (Å²) in [4.78, 5) is 17.4. The minimum atomic E-state index is -4.55. The SMILES string of the molecule is CC1=Nc2ccnn2C(c2ccccc2C(F)(F)F)C1C(=O)OC1CCCC1. The maximum atomic E-state index is 13.7. The van der Waals surface area contributed by atoms with Gasteiger partial charge in [-0.2, -0.15) is 18.3 Å². The zero-order valence-electron chi connectivity index (χ0n) is 15.3. The summed E-state index contributed by atoms with van der Waals surface area (Å²) in [5.74, 6) is -1.09. The van der Waals surface area contributed by atoms with Crippen molar-refractivity contribution in [2.45, 2.75) is 50.9 Å². The van der Waals surface area contributed by atoms with Crippen molar-refractivity contribution in [3.63, 3.8) is 0 Å². The average Bonchev–Trinajstić information content (AvgIpc) is 3.31. The third kappa shape index (κ3) is 3.31. The van der Waals surface area contributed by atoms with Gasteiger partial charge in [-0.15, -0.1) is 0 Å². The van der Waals surface area contributed by atoms with Crippen molar-refractivity contribution in [1.82, 2.24) is 9.78 Å². The highest BCUT2D eigenvalue weighted by Gasteiger charge is 2.44. The number of alkyl halides is 3. The van der Waals surface area contributed by atoms with Gasteiger partial charge < -0.3 is 4.74 Å². The summed E-state index contributed by atoms with van der Waals surface area (Å²) in [6.07, 6.45) is 0.278. The first-order valence-corrected chi connectivity index (χ1v) is 9.31. The van der Waals surface area contributed by atoms with Gasteiger partial charge in [0.25, 0.3) is 0 Å². The summed E-state index contributed by atoms with van der Waals surface area (Å²) in [6.45, 7) is 1.65. The molecule has 2 aromatic rings. The number of esters is 1. The Morgan fingerprint density at radius 3 is 2.61 bits per heavy atom. The van der Waals surface area contributed by atoms with Crippen molar-refractivity contribution >= 4 is 17.5 Å². The first kappa shape index (κ1) is 18.7. The standard InChI is InChI=1S/C20H20F3N3O2/c1-12-17(19(27)28-13-6-2-3-7-13)18(26-16(25-12)10-11-24-26)14-8-4-5-9-15(14)20(21,22)23/h4-5,8-11,13,17-18H,2-3,6-7H2,1H3. The second-order valence-corrected chi connectivity index (χ2v) is 7.24. The van der Waals surface area contributed by atoms with Crippen molar-refractivity contribution in [3.8, 4) is 0 Å². The molecule has 0 spiro atoms. The van der Waals surface area contributed by atoms with E-state index in [0.29, 0.717) is 11.5 Å². The van der Waals surface area contributed by atoms with Crippen LogP contribution in [0.3, 0.4) is 0 Å². The van der Waals surface area contributed by atoms with Gasteiger partial charge in [-0.3, -0.25) is 4.79 Å². The molecule has 1 fully saturated rings. The van der Waals surface area contributed by atoms with Crippen LogP contribution in [-0.4, -0.2) is 27.6 Å². The average molecular weight is 391 g/mol. The summed E-state index contributed by atoms with van der Waals surface area (Å²) >= 11 is 0. The normalized spacial score (nSPS) is 22.6. The van der Waals surface area contributed by atoms with Gasteiger partial charge in [0.05, 0.1) is 17.8 Å². The van der Waals surface area contributed by atoms with E-state index in [2.05, 4.69) is 10.1 Å². The van der Waals surface area contributed by atoms with E-state index in [9.17, 15) is 18.0 Å². The number of ether oxygens (including phenoxy) is 1. The van der Waals surface area contributed by atoms with E-state index in [0.717, 1.165) is 31.7 Å². The number of halogens is 3. The molecule has 5 nitrogen and oxygen atoms in total. The fraction of sp³-hybridized carbons (Fsp3) is 0.450. The smallest absolute Gasteiger partial charge is 0.416 e. The van der Waals surface area contributed by atoms with E-state index < -0.39 is 29.7 Å². The molecule has 0 N–H and O–H groups in total. The Labute approximate surface area is 160 Å². The molecule has 28 heavy (non-hydrogen) atoms. The molecule has 4 rings (SSSR count). The predicted molar refractivity (Wildman–Crippen MR) is 96.4 cm³/mol. The minimum absolute atomic E-state index is 0.0115. The van der Waals surface area contributed by atoms with Crippen LogP contribution < -0.4 is 0 Å². The van der Waals surface area contributed by atoms with E-state index in [1.807, 2.05) is 0 Å². The van der Waals surface area contributed by atoms with Crippen LogP contribution in [0.25, 0.3) is 0 Å². The van der Waals surface area contributed by atoms with Gasteiger partial charge in [-0.1, -0.05) is 18.2 Å². The molecule has 0 bridgehead atoms. The van der Waals surface area contributed by atoms with Crippen LogP contribution in [0.1, 0.15) is 49.8 Å². The molecule has 0 saturated heterocycles. The highest BCUT2D eigenvalue weighted by Crippen LogP contribution is 2.42. The predicted octanol–water partition coefficient (Wildman–Crippen LogP) is 4.70. The van der Waals surface area contributed by atoms with Gasteiger partial charge >= 0.3 is 12.1 Å². The largest absolute Gasteiger partial charge is 0.462 e. The number of nitrogens with zero attached hydrogens (tertiary/aromatic N) is 3. The second-order valence-electron chi connectivity index (χ2n) is 7.24. The minimum Gasteiger partial charge on any atom is -0.462 e. The van der Waals surface area contributed by atoms with Crippen LogP contribution in [0.4, 0.5) is 19.0 Å². The van der Waals surface area contributed by atoms with Crippen LogP contribution in [0.2, 0.25) is 0 Å². The van der Waals surface area contributed by atoms with Crippen molar-refractivity contribution < 1.29 is 22.7 Å². The van der Waals surface area contributed by atoms with E-state index in [4.69, 9.17) is 4.74 Å². The van der Waals surface area contributed by atoms with Crippen LogP contribution in [0.5, 0.6) is 0 Å². The molecule has 8 heteroatoms. The molecule has 2 atom stereocenters. The lowest BCUT2D eigenvalue weighted by Gasteiger charge is -2.32. The third-order valence-electron chi connectivity index (χ3n) is 5.39. The zero-order valence-corrected chi connectivity index (χ0v) is 15.3. The lowest BCUT2D eigenvalue weighted by atomic mass is 9.85. The highest BCUT2D eigenvalue weighted by atomic mass is 19.4. The number of hydrogen-bond donors (Lipinski definition) is 0. The molecule has 148 valence electrons. The molecule has 1 saturated carbocycles. The number of fused-ring (bicyclic) bond motifs is 1. The maximum Gasteiger partial charge on any atom is 0.416 e. The number of aromatic nitrogens is 2. The molecule has 1 aromatic carbocycles. The van der Waals surface area contributed by atoms with Crippen LogP contribution in [0.15, 0.2) is 41.5 Å². The van der Waals surface area contributed by atoms with Crippen LogP contribution in [0, 0.1) is 5.92 Å². The van der Waals surface area contributed by atoms with Crippen molar-refractivity contribution in [2.24, 2.45) is 10.9 Å². The Balaban J connectivity index is 1.80. The fourth-order valence-electron chi connectivity index (χ4n) is 4.10. The first-order chi connectivity index (χ1) is 13.4. The Bertz CT molecular complexity index is 913. The van der Waals surface area contributed by atoms with Gasteiger partial charge in [0.2, 0.25) is 0 Å². The van der Waals surface area contributed by atoms with Crippen molar-refractivity contribution in [3.05, 3.63) is 47.7 Å². The summed E-state index contributed by atoms with van der Waals surface area (Å²) in [6, 6.07) is 5.95. The summed E-state index contributed by atoms with van der Waals surface area (Å²) in [5, 5.41) is 4.17. The quantitative estimate of drug-likeness (QED) is 0.713. The Hall–Kier alpha value is -2.64. The van der Waals surface area contributed by atoms with Gasteiger partial charge in [-0.25, -0.2) is 9.67 Å². The lowest BCUT2D eigenvalue weighted by Crippen LogP contribution is -2.39. The summed E-state index contributed by atoms with van der Waals surface area (Å²) < 4.78 is 48.1. The van der Waals surface area contributed by atoms with Gasteiger partial charge in [0, 0.05) is 11.8 Å². The third-order valence-corrected chi connectivity index (χ3v) is 5.39. The molecule has 1 aliphatic heterocycles. The molecule has 2 heterocycles. The number of carbonyl (C=O) groups is 1. The van der Waals surface area contributed by atoms with Crippen molar-refractivity contribution in [1.29, 1.82) is 0 Å². The van der Waals surface area contributed by atoms with Crippen molar-refractivity contribution in [2.75, 3.05) is 0 Å². The number of carbonyl (C=O) groups excluding carboxylic acids is 1. The number of hydrogen-bond acceptors (Lipinski definition) is 4. The molecular weight excluding hydrogens is 371 g/mol. The molecular formula is C20H20F3N3O2. The number of rotatable bonds is 3. The van der Waals surface area contributed by atoms with E-state index >= 15 is 0 Å². The molecule has 1 aliphatic carbocycles. The Morgan fingerprint density at radius 1 is 1.18 bits per heavy atom. The molecule has 2 unspecified atom stereocenters. The molecule has 1 aromatic heterocycles. The van der Waals surface area contributed by atoms with Crippen LogP contribution in [-0.2, 0) is 15.7 Å². The monoisotopic (exact) mass is 391 g/mol. The maximum absolute atomic E-state index is 13.7. The number of benzene rings is 1. The zero-order chi connectivity index (χ0) is 19.9. The van der Waals surface area contributed by atoms with Gasteiger partial charge in [0.1, 0.15) is 12.0 Å². The lowest BCUT2D eigenvalue weighted by molar-refractivity contribution is -0.153. The first-order valence-electron chi connectivity index (χ1n) is 9.31. The highest BCUT2D eigenvalue weighted by molar-refractivity contribution is 6.03. The fourth-order valence-corrected chi connectivity index (χ4v) is 4.10. The Kier molecular flexibility index (Phi) is 4.72. The Morgan fingerprint density at radius 2 is 1.89 bits per heavy atom. The molecule has 0 radical (unpaired) electrons. The van der Waals surface area contributed by atoms with E-state index in [1.165, 1.54) is 29.1 Å². The molecule has 0 amide bonds. The summed E-state index contributed by atoms with van der Waals surface area (Å²) in [5.41, 5.74) is -0.365. The number of aliphatic imine (C=N–C) groups is 1. The van der Waals surface area contributed by atoms with Gasteiger partial charge in [-0.05, 0) is 44.2 Å². The van der Waals surface area contributed by atoms with E-state index in [1.54, 1.807) is 13.0 Å². The van der Waals surface area contributed by atoms with Gasteiger partial charge in [0.15, 0.2) is 5.82 Å².